The highest BCUT2D eigenvalue weighted by Crippen LogP contribution is 2.31. The second kappa shape index (κ2) is 7.39. The molecule has 3 heteroatoms. The molecule has 0 saturated heterocycles. The monoisotopic (exact) mass is 265 g/mol. The summed E-state index contributed by atoms with van der Waals surface area (Å²) >= 11 is 0. The fraction of sp³-hybridized carbons (Fsp3) is 0.625. The predicted octanol–water partition coefficient (Wildman–Crippen LogP) is 3.62. The van der Waals surface area contributed by atoms with E-state index in [2.05, 4.69) is 39.1 Å². The van der Waals surface area contributed by atoms with Crippen molar-refractivity contribution in [2.45, 2.75) is 40.7 Å². The summed E-state index contributed by atoms with van der Waals surface area (Å²) in [5, 5.41) is 3.47. The topological polar surface area (TPSA) is 30.5 Å². The highest BCUT2D eigenvalue weighted by molar-refractivity contribution is 5.46. The third-order valence-electron chi connectivity index (χ3n) is 2.70. The molecular weight excluding hydrogens is 238 g/mol. The maximum Gasteiger partial charge on any atom is 0.165 e. The number of methoxy groups -OCH3 is 1. The van der Waals surface area contributed by atoms with Crippen molar-refractivity contribution < 1.29 is 9.47 Å². The van der Waals surface area contributed by atoms with Crippen LogP contribution in [0, 0.1) is 5.41 Å². The first-order chi connectivity index (χ1) is 8.98. The van der Waals surface area contributed by atoms with Gasteiger partial charge in [0.15, 0.2) is 11.5 Å². The Balaban J connectivity index is 2.75. The Labute approximate surface area is 117 Å². The van der Waals surface area contributed by atoms with Crippen LogP contribution in [-0.4, -0.2) is 20.3 Å². The summed E-state index contributed by atoms with van der Waals surface area (Å²) in [4.78, 5) is 0. The molecule has 1 aromatic carbocycles. The van der Waals surface area contributed by atoms with Gasteiger partial charge in [0.25, 0.3) is 0 Å². The molecule has 108 valence electrons. The zero-order valence-corrected chi connectivity index (χ0v) is 12.9. The van der Waals surface area contributed by atoms with E-state index in [1.165, 1.54) is 0 Å². The summed E-state index contributed by atoms with van der Waals surface area (Å²) < 4.78 is 11.2. The maximum absolute atomic E-state index is 5.83. The van der Waals surface area contributed by atoms with E-state index in [9.17, 15) is 0 Å². The fourth-order valence-electron chi connectivity index (χ4n) is 1.80. The molecule has 0 spiro atoms. The van der Waals surface area contributed by atoms with E-state index in [4.69, 9.17) is 9.47 Å². The smallest absolute Gasteiger partial charge is 0.165 e. The minimum atomic E-state index is 0.281. The highest BCUT2D eigenvalue weighted by Gasteiger charge is 2.12. The van der Waals surface area contributed by atoms with Gasteiger partial charge >= 0.3 is 0 Å². The quantitative estimate of drug-likeness (QED) is 0.817. The van der Waals surface area contributed by atoms with Crippen LogP contribution in [0.5, 0.6) is 11.5 Å². The summed E-state index contributed by atoms with van der Waals surface area (Å²) in [6, 6.07) is 6.03. The lowest BCUT2D eigenvalue weighted by Gasteiger charge is -2.20. The number of para-hydroxylation sites is 1. The van der Waals surface area contributed by atoms with Crippen molar-refractivity contribution in [2.75, 3.05) is 20.3 Å². The molecule has 1 N–H and O–H groups in total. The molecule has 0 heterocycles. The van der Waals surface area contributed by atoms with Gasteiger partial charge in [-0.2, -0.15) is 0 Å². The average Bonchev–Trinajstić information content (AvgIpc) is 2.35. The van der Waals surface area contributed by atoms with Crippen LogP contribution < -0.4 is 14.8 Å². The van der Waals surface area contributed by atoms with Crippen molar-refractivity contribution in [3.63, 3.8) is 0 Å². The lowest BCUT2D eigenvalue weighted by Crippen LogP contribution is -2.26. The molecule has 0 radical (unpaired) electrons. The Kier molecular flexibility index (Phi) is 6.16. The minimum Gasteiger partial charge on any atom is -0.493 e. The van der Waals surface area contributed by atoms with E-state index in [-0.39, 0.29) is 5.41 Å². The largest absolute Gasteiger partial charge is 0.493 e. The van der Waals surface area contributed by atoms with Gasteiger partial charge in [-0.1, -0.05) is 39.8 Å². The Morgan fingerprint density at radius 1 is 1.21 bits per heavy atom. The van der Waals surface area contributed by atoms with Gasteiger partial charge in [0.1, 0.15) is 0 Å². The molecule has 0 aliphatic carbocycles. The van der Waals surface area contributed by atoms with Crippen molar-refractivity contribution in [3.8, 4) is 11.5 Å². The van der Waals surface area contributed by atoms with Gasteiger partial charge in [-0.25, -0.2) is 0 Å². The zero-order chi connectivity index (χ0) is 14.3. The molecule has 1 aromatic rings. The number of hydrogen-bond acceptors (Lipinski definition) is 3. The van der Waals surface area contributed by atoms with Crippen molar-refractivity contribution in [3.05, 3.63) is 23.8 Å². The first kappa shape index (κ1) is 15.8. The van der Waals surface area contributed by atoms with Crippen molar-refractivity contribution in [1.29, 1.82) is 0 Å². The molecule has 0 aliphatic rings. The van der Waals surface area contributed by atoms with Crippen LogP contribution in [-0.2, 0) is 6.54 Å². The molecule has 0 aliphatic heterocycles. The summed E-state index contributed by atoms with van der Waals surface area (Å²) in [6.07, 6.45) is 0.993. The van der Waals surface area contributed by atoms with Crippen LogP contribution in [0.25, 0.3) is 0 Å². The molecule has 0 amide bonds. The molecular formula is C16H27NO2. The first-order valence-electron chi connectivity index (χ1n) is 6.97. The Morgan fingerprint density at radius 3 is 2.53 bits per heavy atom. The molecule has 0 bridgehead atoms. The SMILES string of the molecule is CCCOc1c(CNCC(C)(C)C)cccc1OC. The Morgan fingerprint density at radius 2 is 1.95 bits per heavy atom. The fourth-order valence-corrected chi connectivity index (χ4v) is 1.80. The Hall–Kier alpha value is -1.22. The van der Waals surface area contributed by atoms with Gasteiger partial charge in [0.05, 0.1) is 13.7 Å². The Bertz CT molecular complexity index is 383. The molecule has 0 fully saturated rings. The molecule has 1 rings (SSSR count). The lowest BCUT2D eigenvalue weighted by atomic mass is 9.97. The highest BCUT2D eigenvalue weighted by atomic mass is 16.5. The molecule has 0 unspecified atom stereocenters. The van der Waals surface area contributed by atoms with Crippen molar-refractivity contribution >= 4 is 0 Å². The third kappa shape index (κ3) is 5.52. The van der Waals surface area contributed by atoms with Gasteiger partial charge in [-0.05, 0) is 17.9 Å². The number of hydrogen-bond donors (Lipinski definition) is 1. The molecule has 0 saturated carbocycles. The second-order valence-electron chi connectivity index (χ2n) is 5.96. The summed E-state index contributed by atoms with van der Waals surface area (Å²) in [7, 11) is 1.68. The number of nitrogens with one attached hydrogen (secondary N) is 1. The second-order valence-corrected chi connectivity index (χ2v) is 5.96. The van der Waals surface area contributed by atoms with Crippen LogP contribution in [0.4, 0.5) is 0 Å². The maximum atomic E-state index is 5.83. The standard InChI is InChI=1S/C16H27NO2/c1-6-10-19-15-13(8-7-9-14(15)18-5)11-17-12-16(2,3)4/h7-9,17H,6,10-12H2,1-5H3. The van der Waals surface area contributed by atoms with E-state index in [0.717, 1.165) is 36.6 Å². The van der Waals surface area contributed by atoms with Gasteiger partial charge < -0.3 is 14.8 Å². The molecule has 3 nitrogen and oxygen atoms in total. The van der Waals surface area contributed by atoms with E-state index in [0.29, 0.717) is 6.61 Å². The third-order valence-corrected chi connectivity index (χ3v) is 2.70. The van der Waals surface area contributed by atoms with Crippen LogP contribution in [0.2, 0.25) is 0 Å². The van der Waals surface area contributed by atoms with Gasteiger partial charge in [-0.3, -0.25) is 0 Å². The lowest BCUT2D eigenvalue weighted by molar-refractivity contribution is 0.289. The van der Waals surface area contributed by atoms with Gasteiger partial charge in [0, 0.05) is 18.7 Å². The van der Waals surface area contributed by atoms with Crippen LogP contribution in [0.3, 0.4) is 0 Å². The van der Waals surface area contributed by atoms with E-state index in [1.807, 2.05) is 12.1 Å². The summed E-state index contributed by atoms with van der Waals surface area (Å²) in [5.74, 6) is 1.68. The predicted molar refractivity (Wildman–Crippen MR) is 79.9 cm³/mol. The first-order valence-corrected chi connectivity index (χ1v) is 6.97. The van der Waals surface area contributed by atoms with E-state index < -0.39 is 0 Å². The van der Waals surface area contributed by atoms with E-state index in [1.54, 1.807) is 7.11 Å². The number of benzene rings is 1. The molecule has 19 heavy (non-hydrogen) atoms. The molecule has 0 atom stereocenters. The van der Waals surface area contributed by atoms with Crippen LogP contribution in [0.15, 0.2) is 18.2 Å². The zero-order valence-electron chi connectivity index (χ0n) is 12.9. The number of rotatable bonds is 7. The summed E-state index contributed by atoms with van der Waals surface area (Å²) in [5.41, 5.74) is 1.43. The molecule has 0 aromatic heterocycles. The van der Waals surface area contributed by atoms with Crippen molar-refractivity contribution in [2.24, 2.45) is 5.41 Å². The summed E-state index contributed by atoms with van der Waals surface area (Å²) in [6.45, 7) is 11.3. The average molecular weight is 265 g/mol. The van der Waals surface area contributed by atoms with Crippen LogP contribution >= 0.6 is 0 Å². The van der Waals surface area contributed by atoms with E-state index >= 15 is 0 Å². The normalized spacial score (nSPS) is 11.4. The van der Waals surface area contributed by atoms with Gasteiger partial charge in [-0.15, -0.1) is 0 Å². The minimum absolute atomic E-state index is 0.281. The van der Waals surface area contributed by atoms with Crippen LogP contribution in [0.1, 0.15) is 39.7 Å². The van der Waals surface area contributed by atoms with Crippen molar-refractivity contribution in [1.82, 2.24) is 5.32 Å². The van der Waals surface area contributed by atoms with Gasteiger partial charge in [0.2, 0.25) is 0 Å². The number of ether oxygens (including phenoxy) is 2.